The van der Waals surface area contributed by atoms with E-state index >= 15 is 0 Å². The first kappa shape index (κ1) is 31.2. The first-order chi connectivity index (χ1) is 15.6. The number of esters is 1. The van der Waals surface area contributed by atoms with Crippen LogP contribution in [0.15, 0.2) is 12.2 Å². The molecule has 3 heteroatoms. The lowest BCUT2D eigenvalue weighted by molar-refractivity contribution is -0.154. The third-order valence-corrected chi connectivity index (χ3v) is 6.43. The fraction of sp³-hybridized carbons (Fsp3) is 0.897. The Bertz CT molecular complexity index is 432. The minimum atomic E-state index is -0.584. The summed E-state index contributed by atoms with van der Waals surface area (Å²) in [4.78, 5) is 12.4. The Labute approximate surface area is 200 Å². The van der Waals surface area contributed by atoms with Gasteiger partial charge in [-0.1, -0.05) is 129 Å². The second-order valence-corrected chi connectivity index (χ2v) is 9.88. The van der Waals surface area contributed by atoms with Crippen LogP contribution in [0.25, 0.3) is 0 Å². The average Bonchev–Trinajstić information content (AvgIpc) is 2.78. The van der Waals surface area contributed by atoms with Crippen molar-refractivity contribution in [1.82, 2.24) is 0 Å². The fourth-order valence-electron chi connectivity index (χ4n) is 4.32. The molecule has 0 saturated heterocycles. The second-order valence-electron chi connectivity index (χ2n) is 9.88. The molecule has 190 valence electrons. The van der Waals surface area contributed by atoms with E-state index in [9.17, 15) is 9.90 Å². The van der Waals surface area contributed by atoms with Crippen molar-refractivity contribution in [2.75, 3.05) is 6.61 Å². The number of aliphatic hydroxyl groups excluding tert-OH is 1. The van der Waals surface area contributed by atoms with Crippen LogP contribution in [0.2, 0.25) is 0 Å². The number of carbonyl (C=O) groups is 1. The van der Waals surface area contributed by atoms with Crippen molar-refractivity contribution >= 4 is 5.97 Å². The standard InChI is InChI=1S/C29H56O3/c1-4-6-8-10-12-14-16-18-20-22-25-29(3,26-23-27-30)32-28(31)24-21-19-17-15-13-11-9-7-5-2/h23,26,30H,4-22,24-25,27H2,1-3H3/b26-23+/t29-/m0/s1. The molecule has 3 nitrogen and oxygen atoms in total. The molecule has 0 heterocycles. The number of hydrogen-bond donors (Lipinski definition) is 1. The first-order valence-electron chi connectivity index (χ1n) is 14.1. The lowest BCUT2D eigenvalue weighted by Crippen LogP contribution is -2.29. The van der Waals surface area contributed by atoms with Gasteiger partial charge < -0.3 is 9.84 Å². The second kappa shape index (κ2) is 23.3. The Morgan fingerprint density at radius 3 is 1.53 bits per heavy atom. The van der Waals surface area contributed by atoms with Crippen LogP contribution in [-0.2, 0) is 9.53 Å². The summed E-state index contributed by atoms with van der Waals surface area (Å²) in [7, 11) is 0. The van der Waals surface area contributed by atoms with E-state index in [-0.39, 0.29) is 12.6 Å². The van der Waals surface area contributed by atoms with Gasteiger partial charge in [-0.2, -0.15) is 0 Å². The zero-order valence-electron chi connectivity index (χ0n) is 22.0. The summed E-state index contributed by atoms with van der Waals surface area (Å²) >= 11 is 0. The summed E-state index contributed by atoms with van der Waals surface area (Å²) in [6.45, 7) is 6.49. The van der Waals surface area contributed by atoms with E-state index in [0.29, 0.717) is 6.42 Å². The van der Waals surface area contributed by atoms with Gasteiger partial charge in [0.15, 0.2) is 0 Å². The molecule has 0 saturated carbocycles. The van der Waals surface area contributed by atoms with Crippen molar-refractivity contribution in [3.63, 3.8) is 0 Å². The lowest BCUT2D eigenvalue weighted by atomic mass is 9.96. The molecule has 0 spiro atoms. The molecule has 1 N–H and O–H groups in total. The molecule has 0 aromatic heterocycles. The van der Waals surface area contributed by atoms with Crippen molar-refractivity contribution in [1.29, 1.82) is 0 Å². The van der Waals surface area contributed by atoms with E-state index in [2.05, 4.69) is 13.8 Å². The summed E-state index contributed by atoms with van der Waals surface area (Å²) < 4.78 is 5.86. The summed E-state index contributed by atoms with van der Waals surface area (Å²) in [5.74, 6) is -0.0925. The smallest absolute Gasteiger partial charge is 0.306 e. The number of rotatable bonds is 24. The summed E-state index contributed by atoms with van der Waals surface area (Å²) in [5.41, 5.74) is -0.584. The van der Waals surface area contributed by atoms with Crippen molar-refractivity contribution in [2.24, 2.45) is 0 Å². The van der Waals surface area contributed by atoms with Gasteiger partial charge in [0.1, 0.15) is 5.60 Å². The number of carbonyl (C=O) groups excluding carboxylic acids is 1. The van der Waals surface area contributed by atoms with Crippen LogP contribution in [0.1, 0.15) is 156 Å². The van der Waals surface area contributed by atoms with Crippen molar-refractivity contribution < 1.29 is 14.6 Å². The summed E-state index contributed by atoms with van der Waals surface area (Å²) in [5, 5.41) is 9.17. The van der Waals surface area contributed by atoms with Gasteiger partial charge in [-0.3, -0.25) is 4.79 Å². The van der Waals surface area contributed by atoms with Gasteiger partial charge in [-0.15, -0.1) is 0 Å². The van der Waals surface area contributed by atoms with E-state index in [4.69, 9.17) is 4.74 Å². The predicted octanol–water partition coefficient (Wildman–Crippen LogP) is 9.07. The monoisotopic (exact) mass is 452 g/mol. The first-order valence-corrected chi connectivity index (χ1v) is 14.1. The number of ether oxygens (including phenoxy) is 1. The topological polar surface area (TPSA) is 46.5 Å². The molecule has 0 fully saturated rings. The minimum Gasteiger partial charge on any atom is -0.455 e. The largest absolute Gasteiger partial charge is 0.455 e. The molecule has 0 radical (unpaired) electrons. The highest BCUT2D eigenvalue weighted by atomic mass is 16.6. The highest BCUT2D eigenvalue weighted by Crippen LogP contribution is 2.23. The van der Waals surface area contributed by atoms with Gasteiger partial charge in [0, 0.05) is 6.42 Å². The minimum absolute atomic E-state index is 0.0105. The molecule has 0 bridgehead atoms. The average molecular weight is 453 g/mol. The van der Waals surface area contributed by atoms with Crippen LogP contribution >= 0.6 is 0 Å². The van der Waals surface area contributed by atoms with Crippen LogP contribution in [0.3, 0.4) is 0 Å². The highest BCUT2D eigenvalue weighted by molar-refractivity contribution is 5.70. The van der Waals surface area contributed by atoms with E-state index in [1.54, 1.807) is 6.08 Å². The maximum Gasteiger partial charge on any atom is 0.306 e. The molecule has 0 aliphatic heterocycles. The van der Waals surface area contributed by atoms with Crippen molar-refractivity contribution in [3.05, 3.63) is 12.2 Å². The third kappa shape index (κ3) is 21.0. The number of unbranched alkanes of at least 4 members (excludes halogenated alkanes) is 17. The third-order valence-electron chi connectivity index (χ3n) is 6.43. The van der Waals surface area contributed by atoms with E-state index in [0.717, 1.165) is 25.7 Å². The normalized spacial score (nSPS) is 13.5. The molecule has 0 unspecified atom stereocenters. The van der Waals surface area contributed by atoms with Crippen molar-refractivity contribution in [3.8, 4) is 0 Å². The Morgan fingerprint density at radius 2 is 1.09 bits per heavy atom. The maximum absolute atomic E-state index is 12.4. The zero-order chi connectivity index (χ0) is 23.8. The van der Waals surface area contributed by atoms with Crippen molar-refractivity contribution in [2.45, 2.75) is 161 Å². The molecular weight excluding hydrogens is 396 g/mol. The van der Waals surface area contributed by atoms with Gasteiger partial charge in [0.05, 0.1) is 6.61 Å². The number of hydrogen-bond acceptors (Lipinski definition) is 3. The predicted molar refractivity (Wildman–Crippen MR) is 139 cm³/mol. The van der Waals surface area contributed by atoms with E-state index in [1.165, 1.54) is 103 Å². The van der Waals surface area contributed by atoms with E-state index < -0.39 is 5.60 Å². The molecule has 0 aliphatic carbocycles. The Hall–Kier alpha value is -0.830. The zero-order valence-corrected chi connectivity index (χ0v) is 22.0. The molecule has 32 heavy (non-hydrogen) atoms. The van der Waals surface area contributed by atoms with Crippen LogP contribution < -0.4 is 0 Å². The van der Waals surface area contributed by atoms with Gasteiger partial charge >= 0.3 is 5.97 Å². The lowest BCUT2D eigenvalue weighted by Gasteiger charge is -2.26. The maximum atomic E-state index is 12.4. The Morgan fingerprint density at radius 1 is 0.688 bits per heavy atom. The summed E-state index contributed by atoms with van der Waals surface area (Å²) in [6.07, 6.45) is 29.2. The highest BCUT2D eigenvalue weighted by Gasteiger charge is 2.25. The molecule has 0 aromatic carbocycles. The molecule has 0 aliphatic rings. The van der Waals surface area contributed by atoms with Gasteiger partial charge in [0.2, 0.25) is 0 Å². The molecule has 0 rings (SSSR count). The molecule has 0 amide bonds. The number of aliphatic hydroxyl groups is 1. The Kier molecular flexibility index (Phi) is 22.7. The fourth-order valence-corrected chi connectivity index (χ4v) is 4.32. The quantitative estimate of drug-likeness (QED) is 0.0902. The SMILES string of the molecule is CCCCCCCCCCCC[C@@](C)(/C=C/CO)OC(=O)CCCCCCCCCCC. The van der Waals surface area contributed by atoms with E-state index in [1.807, 2.05) is 13.0 Å². The molecule has 0 aromatic rings. The van der Waals surface area contributed by atoms with Crippen LogP contribution in [0.5, 0.6) is 0 Å². The Balaban J connectivity index is 3.94. The van der Waals surface area contributed by atoms with Crippen LogP contribution in [0.4, 0.5) is 0 Å². The van der Waals surface area contributed by atoms with Gasteiger partial charge in [-0.25, -0.2) is 0 Å². The van der Waals surface area contributed by atoms with Crippen LogP contribution in [0, 0.1) is 0 Å². The van der Waals surface area contributed by atoms with Gasteiger partial charge in [-0.05, 0) is 32.3 Å². The van der Waals surface area contributed by atoms with Gasteiger partial charge in [0.25, 0.3) is 0 Å². The van der Waals surface area contributed by atoms with Crippen LogP contribution in [-0.4, -0.2) is 23.3 Å². The summed E-state index contributed by atoms with van der Waals surface area (Å²) in [6, 6.07) is 0. The molecular formula is C29H56O3. The molecule has 1 atom stereocenters.